The molecule has 5 aliphatic rings. The Balaban J connectivity index is 1.70. The summed E-state index contributed by atoms with van der Waals surface area (Å²) in [6.45, 7) is 10.1. The van der Waals surface area contributed by atoms with Gasteiger partial charge in [-0.25, -0.2) is 9.59 Å². The van der Waals surface area contributed by atoms with E-state index in [4.69, 9.17) is 28.4 Å². The number of benzene rings is 1. The lowest BCUT2D eigenvalue weighted by Gasteiger charge is -2.74. The summed E-state index contributed by atoms with van der Waals surface area (Å²) >= 11 is 0. The molecule has 1 aromatic carbocycles. The highest BCUT2D eigenvalue weighted by atomic mass is 16.6. The quantitative estimate of drug-likeness (QED) is 0.289. The second-order valence-electron chi connectivity index (χ2n) is 13.6. The first-order valence-electron chi connectivity index (χ1n) is 15.1. The van der Waals surface area contributed by atoms with Crippen molar-refractivity contribution in [3.05, 3.63) is 47.0 Å². The van der Waals surface area contributed by atoms with Gasteiger partial charge < -0.3 is 33.5 Å². The van der Waals surface area contributed by atoms with E-state index in [0.29, 0.717) is 5.57 Å². The lowest BCUT2D eigenvalue weighted by atomic mass is 9.37. The average Bonchev–Trinajstić information content (AvgIpc) is 3.24. The van der Waals surface area contributed by atoms with Crippen LogP contribution in [0.15, 0.2) is 41.5 Å². The molecule has 242 valence electrons. The first-order chi connectivity index (χ1) is 21.0. The maximum Gasteiger partial charge on any atom is 0.343 e. The van der Waals surface area contributed by atoms with Gasteiger partial charge in [0.2, 0.25) is 0 Å². The Morgan fingerprint density at radius 3 is 2.13 bits per heavy atom. The first kappa shape index (κ1) is 31.2. The molecule has 1 N–H and O–H groups in total. The number of carbonyl (C=O) groups is 5. The van der Waals surface area contributed by atoms with Crippen molar-refractivity contribution in [1.29, 1.82) is 0 Å². The van der Waals surface area contributed by atoms with Gasteiger partial charge >= 0.3 is 29.8 Å². The number of esters is 5. The molecule has 6 rings (SSSR count). The van der Waals surface area contributed by atoms with Crippen molar-refractivity contribution in [2.24, 2.45) is 16.7 Å². The molecule has 0 unspecified atom stereocenters. The number of rotatable bonds is 5. The van der Waals surface area contributed by atoms with E-state index in [0.717, 1.165) is 0 Å². The standard InChI is InChI=1S/C33H38O12/c1-16-21(41-17(2)34)14-31-24(16)33(39,28(38)45-29(31,5)6)30(7)22(42-18(3)35)13-23-32(15-40-23,44-19(4)36)25(30)26(31)43-27(37)20-11-9-8-10-12-20/h8-12,21-23,25-26,39H,13-15H2,1-7H3/t21-,22-,23+,25-,26-,30+,31-,32-,33+/m0/s1. The maximum atomic E-state index is 14.3. The summed E-state index contributed by atoms with van der Waals surface area (Å²) in [5.41, 5.74) is -7.91. The number of hydrogen-bond acceptors (Lipinski definition) is 12. The summed E-state index contributed by atoms with van der Waals surface area (Å²) in [5.74, 6) is -4.81. The van der Waals surface area contributed by atoms with E-state index in [1.165, 1.54) is 20.8 Å². The van der Waals surface area contributed by atoms with Crippen molar-refractivity contribution in [1.82, 2.24) is 0 Å². The van der Waals surface area contributed by atoms with E-state index in [2.05, 4.69) is 0 Å². The molecule has 0 aromatic heterocycles. The fraction of sp³-hybridized carbons (Fsp3) is 0.606. The number of ether oxygens (including phenoxy) is 6. The molecule has 2 aliphatic heterocycles. The molecule has 12 heteroatoms. The van der Waals surface area contributed by atoms with Gasteiger partial charge in [0.1, 0.15) is 30.0 Å². The number of aliphatic hydroxyl groups is 1. The topological polar surface area (TPSA) is 161 Å². The van der Waals surface area contributed by atoms with Gasteiger partial charge in [-0.15, -0.1) is 0 Å². The molecule has 2 saturated carbocycles. The van der Waals surface area contributed by atoms with Crippen molar-refractivity contribution in [2.45, 2.75) is 103 Å². The molecule has 2 heterocycles. The van der Waals surface area contributed by atoms with Crippen LogP contribution in [0.2, 0.25) is 0 Å². The highest BCUT2D eigenvalue weighted by molar-refractivity contribution is 5.92. The van der Waals surface area contributed by atoms with Crippen LogP contribution in [0.25, 0.3) is 0 Å². The summed E-state index contributed by atoms with van der Waals surface area (Å²) < 4.78 is 36.3. The van der Waals surface area contributed by atoms with Crippen LogP contribution in [0.5, 0.6) is 0 Å². The molecule has 1 aromatic rings. The van der Waals surface area contributed by atoms with Gasteiger partial charge in [0.15, 0.2) is 11.2 Å². The Kier molecular flexibility index (Phi) is 6.84. The van der Waals surface area contributed by atoms with Crippen LogP contribution < -0.4 is 0 Å². The lowest BCUT2D eigenvalue weighted by Crippen LogP contribution is -2.87. The SMILES string of the molecule is CC(=O)O[C@H]1C[C@@]23C(=C1C)[C@@](O)(C(=O)OC2(C)C)[C@]1(C)[C@@H](OC(C)=O)C[C@H]2OC[C@@]2(OC(C)=O)[C@H]1[C@@H]3OC(=O)c1ccccc1. The van der Waals surface area contributed by atoms with E-state index in [1.54, 1.807) is 58.0 Å². The van der Waals surface area contributed by atoms with Gasteiger partial charge in [0, 0.05) is 33.6 Å². The zero-order valence-corrected chi connectivity index (χ0v) is 26.3. The van der Waals surface area contributed by atoms with E-state index in [9.17, 15) is 29.1 Å². The van der Waals surface area contributed by atoms with E-state index < -0.39 is 87.8 Å². The summed E-state index contributed by atoms with van der Waals surface area (Å²) in [7, 11) is 0. The molecule has 0 spiro atoms. The van der Waals surface area contributed by atoms with Crippen molar-refractivity contribution < 1.29 is 57.5 Å². The molecule has 45 heavy (non-hydrogen) atoms. The predicted molar refractivity (Wildman–Crippen MR) is 152 cm³/mol. The average molecular weight is 627 g/mol. The zero-order chi connectivity index (χ0) is 32.9. The highest BCUT2D eigenvalue weighted by Gasteiger charge is 2.88. The Bertz CT molecular complexity index is 1530. The van der Waals surface area contributed by atoms with Gasteiger partial charge in [-0.1, -0.05) is 25.1 Å². The molecule has 0 radical (unpaired) electrons. The summed E-state index contributed by atoms with van der Waals surface area (Å²) in [5, 5.41) is 13.1. The molecule has 9 atom stereocenters. The van der Waals surface area contributed by atoms with Gasteiger partial charge in [-0.3, -0.25) is 14.4 Å². The van der Waals surface area contributed by atoms with Crippen molar-refractivity contribution in [2.75, 3.05) is 6.61 Å². The minimum absolute atomic E-state index is 0.0183. The van der Waals surface area contributed by atoms with Gasteiger partial charge in [0.05, 0.1) is 28.9 Å². The largest absolute Gasteiger partial charge is 0.462 e. The number of hydrogen-bond donors (Lipinski definition) is 1. The van der Waals surface area contributed by atoms with Crippen LogP contribution in [-0.2, 0) is 47.6 Å². The van der Waals surface area contributed by atoms with Crippen LogP contribution in [0.1, 0.15) is 71.7 Å². The third-order valence-corrected chi connectivity index (χ3v) is 11.0. The molecule has 2 saturated heterocycles. The Morgan fingerprint density at radius 2 is 1.58 bits per heavy atom. The third-order valence-electron chi connectivity index (χ3n) is 11.0. The minimum Gasteiger partial charge on any atom is -0.462 e. The fourth-order valence-corrected chi connectivity index (χ4v) is 9.24. The number of fused-ring (bicyclic) bond motifs is 4. The van der Waals surface area contributed by atoms with E-state index >= 15 is 0 Å². The predicted octanol–water partition coefficient (Wildman–Crippen LogP) is 2.59. The second-order valence-corrected chi connectivity index (χ2v) is 13.6. The number of cyclic esters (lactones) is 1. The van der Waals surface area contributed by atoms with Crippen molar-refractivity contribution >= 4 is 29.8 Å². The van der Waals surface area contributed by atoms with Crippen LogP contribution >= 0.6 is 0 Å². The van der Waals surface area contributed by atoms with Crippen LogP contribution in [0.4, 0.5) is 0 Å². The van der Waals surface area contributed by atoms with Crippen LogP contribution in [0.3, 0.4) is 0 Å². The number of carbonyl (C=O) groups excluding carboxylic acids is 5. The maximum absolute atomic E-state index is 14.3. The van der Waals surface area contributed by atoms with Gasteiger partial charge in [0.25, 0.3) is 0 Å². The summed E-state index contributed by atoms with van der Waals surface area (Å²) in [4.78, 5) is 66.0. The first-order valence-corrected chi connectivity index (χ1v) is 15.1. The Labute approximate surface area is 260 Å². The van der Waals surface area contributed by atoms with Crippen LogP contribution in [-0.4, -0.2) is 82.8 Å². The van der Waals surface area contributed by atoms with Crippen molar-refractivity contribution in [3.63, 3.8) is 0 Å². The highest BCUT2D eigenvalue weighted by Crippen LogP contribution is 2.76. The summed E-state index contributed by atoms with van der Waals surface area (Å²) in [6, 6.07) is 8.28. The van der Waals surface area contributed by atoms with E-state index in [-0.39, 0.29) is 30.6 Å². The minimum atomic E-state index is -2.49. The second kappa shape index (κ2) is 9.86. The third kappa shape index (κ3) is 3.87. The van der Waals surface area contributed by atoms with Gasteiger partial charge in [-0.2, -0.15) is 0 Å². The summed E-state index contributed by atoms with van der Waals surface area (Å²) in [6.07, 6.45) is -4.26. The smallest absolute Gasteiger partial charge is 0.343 e. The zero-order valence-electron chi connectivity index (χ0n) is 26.3. The van der Waals surface area contributed by atoms with Crippen molar-refractivity contribution in [3.8, 4) is 0 Å². The lowest BCUT2D eigenvalue weighted by molar-refractivity contribution is -0.381. The molecule has 3 aliphatic carbocycles. The monoisotopic (exact) mass is 626 g/mol. The molecule has 2 bridgehead atoms. The van der Waals surface area contributed by atoms with E-state index in [1.807, 2.05) is 0 Å². The van der Waals surface area contributed by atoms with Gasteiger partial charge in [-0.05, 0) is 44.1 Å². The molecular formula is C33H38O12. The fourth-order valence-electron chi connectivity index (χ4n) is 9.24. The Morgan fingerprint density at radius 1 is 0.933 bits per heavy atom. The molecule has 12 nitrogen and oxygen atoms in total. The Hall–Kier alpha value is -3.77. The van der Waals surface area contributed by atoms with Crippen LogP contribution in [0, 0.1) is 16.7 Å². The molecule has 4 fully saturated rings. The molecule has 0 amide bonds. The normalized spacial score (nSPS) is 40.4. The molecular weight excluding hydrogens is 588 g/mol.